The predicted octanol–water partition coefficient (Wildman–Crippen LogP) is 3.59. The fourth-order valence-corrected chi connectivity index (χ4v) is 4.11. The third-order valence-corrected chi connectivity index (χ3v) is 5.79. The summed E-state index contributed by atoms with van der Waals surface area (Å²) in [6, 6.07) is 19.8. The molecule has 1 saturated heterocycles. The first kappa shape index (κ1) is 19.0. The zero-order valence-electron chi connectivity index (χ0n) is 15.3. The fourth-order valence-electron chi connectivity index (χ4n) is 3.70. The van der Waals surface area contributed by atoms with Gasteiger partial charge < -0.3 is 5.11 Å². The summed E-state index contributed by atoms with van der Waals surface area (Å²) in [5.41, 5.74) is 2.57. The number of aliphatic carboxylic acids is 1. The van der Waals surface area contributed by atoms with E-state index in [1.165, 1.54) is 16.0 Å². The number of rotatable bonds is 6. The van der Waals surface area contributed by atoms with E-state index in [2.05, 4.69) is 71.5 Å². The topological polar surface area (TPSA) is 43.8 Å². The van der Waals surface area contributed by atoms with E-state index in [4.69, 9.17) is 5.11 Å². The first-order valence-corrected chi connectivity index (χ1v) is 10.2. The molecule has 0 amide bonds. The molecule has 138 valence electrons. The zero-order chi connectivity index (χ0) is 18.5. The van der Waals surface area contributed by atoms with Crippen LogP contribution >= 0.6 is 11.8 Å². The molecule has 2 aromatic carbocycles. The van der Waals surface area contributed by atoms with Crippen molar-refractivity contribution < 1.29 is 9.90 Å². The highest BCUT2D eigenvalue weighted by Crippen LogP contribution is 2.31. The molecule has 1 unspecified atom stereocenters. The lowest BCUT2D eigenvalue weighted by Crippen LogP contribution is -2.54. The minimum absolute atomic E-state index is 0.118. The van der Waals surface area contributed by atoms with Crippen LogP contribution in [0.25, 0.3) is 0 Å². The lowest BCUT2D eigenvalue weighted by Gasteiger charge is -2.43. The summed E-state index contributed by atoms with van der Waals surface area (Å²) in [4.78, 5) is 16.9. The van der Waals surface area contributed by atoms with Gasteiger partial charge in [-0.15, -0.1) is 11.8 Å². The largest absolute Gasteiger partial charge is 0.480 e. The van der Waals surface area contributed by atoms with Gasteiger partial charge in [0.15, 0.2) is 0 Å². The van der Waals surface area contributed by atoms with E-state index < -0.39 is 5.97 Å². The molecule has 1 N–H and O–H groups in total. The van der Waals surface area contributed by atoms with Crippen molar-refractivity contribution in [3.8, 4) is 0 Å². The number of hydrogen-bond donors (Lipinski definition) is 1. The first-order valence-electron chi connectivity index (χ1n) is 8.97. The maximum atomic E-state index is 11.1. The maximum Gasteiger partial charge on any atom is 0.317 e. The van der Waals surface area contributed by atoms with Crippen LogP contribution in [0.3, 0.4) is 0 Å². The van der Waals surface area contributed by atoms with Crippen molar-refractivity contribution >= 4 is 17.7 Å². The van der Waals surface area contributed by atoms with Crippen LogP contribution in [-0.4, -0.2) is 59.4 Å². The van der Waals surface area contributed by atoms with Gasteiger partial charge in [-0.05, 0) is 36.4 Å². The van der Waals surface area contributed by atoms with Crippen LogP contribution in [0, 0.1) is 0 Å². The lowest BCUT2D eigenvalue weighted by atomic mass is 9.95. The molecular formula is C21H26N2O2S. The van der Waals surface area contributed by atoms with E-state index in [1.807, 2.05) is 6.07 Å². The Morgan fingerprint density at radius 2 is 1.77 bits per heavy atom. The quantitative estimate of drug-likeness (QED) is 0.787. The van der Waals surface area contributed by atoms with Gasteiger partial charge in [-0.1, -0.05) is 42.5 Å². The minimum atomic E-state index is -0.752. The molecule has 3 rings (SSSR count). The van der Waals surface area contributed by atoms with Gasteiger partial charge in [-0.2, -0.15) is 0 Å². The van der Waals surface area contributed by atoms with Crippen molar-refractivity contribution in [2.75, 3.05) is 32.4 Å². The number of carboxylic acids is 1. The number of hydrogen-bond acceptors (Lipinski definition) is 4. The summed E-state index contributed by atoms with van der Waals surface area (Å²) in [7, 11) is 0. The molecule has 1 heterocycles. The van der Waals surface area contributed by atoms with Gasteiger partial charge in [-0.25, -0.2) is 0 Å². The van der Waals surface area contributed by atoms with Crippen molar-refractivity contribution in [1.82, 2.24) is 9.80 Å². The Bertz CT molecular complexity index is 721. The molecule has 1 aliphatic rings. The van der Waals surface area contributed by atoms with Crippen molar-refractivity contribution in [3.05, 3.63) is 65.7 Å². The zero-order valence-corrected chi connectivity index (χ0v) is 16.2. The third-order valence-electron chi connectivity index (χ3n) is 5.05. The van der Waals surface area contributed by atoms with E-state index in [0.717, 1.165) is 19.6 Å². The summed E-state index contributed by atoms with van der Waals surface area (Å²) in [6.45, 7) is 4.74. The second kappa shape index (κ2) is 8.71. The van der Waals surface area contributed by atoms with Crippen molar-refractivity contribution in [3.63, 3.8) is 0 Å². The molecule has 26 heavy (non-hydrogen) atoms. The second-order valence-electron chi connectivity index (χ2n) is 6.79. The Balaban J connectivity index is 1.86. The molecule has 0 saturated carbocycles. The van der Waals surface area contributed by atoms with E-state index in [0.29, 0.717) is 0 Å². The SMILES string of the molecule is CSc1ccc(C(c2ccccc2)N2CCN(CC(=O)O)[C@H](C)C2)cc1. The average molecular weight is 371 g/mol. The van der Waals surface area contributed by atoms with Gasteiger partial charge in [0.05, 0.1) is 12.6 Å². The molecule has 1 aliphatic heterocycles. The summed E-state index contributed by atoms with van der Waals surface area (Å²) >= 11 is 1.75. The maximum absolute atomic E-state index is 11.1. The molecule has 0 bridgehead atoms. The smallest absolute Gasteiger partial charge is 0.317 e. The van der Waals surface area contributed by atoms with Crippen LogP contribution in [0.5, 0.6) is 0 Å². The van der Waals surface area contributed by atoms with E-state index >= 15 is 0 Å². The molecule has 0 spiro atoms. The standard InChI is InChI=1S/C21H26N2O2S/c1-16-14-23(13-12-22(16)15-20(24)25)21(17-6-4-3-5-7-17)18-8-10-19(26-2)11-9-18/h3-11,16,21H,12-15H2,1-2H3,(H,24,25)/t16-,21?/m1/s1. The summed E-state index contributed by atoms with van der Waals surface area (Å²) in [5.74, 6) is -0.752. The Morgan fingerprint density at radius 1 is 1.12 bits per heavy atom. The molecule has 5 heteroatoms. The highest BCUT2D eigenvalue weighted by Gasteiger charge is 2.30. The van der Waals surface area contributed by atoms with Crippen molar-refractivity contribution in [2.24, 2.45) is 0 Å². The van der Waals surface area contributed by atoms with Gasteiger partial charge in [0, 0.05) is 30.6 Å². The molecule has 2 atom stereocenters. The summed E-state index contributed by atoms with van der Waals surface area (Å²) < 4.78 is 0. The number of carboxylic acid groups (broad SMARTS) is 1. The number of benzene rings is 2. The van der Waals surface area contributed by atoms with Gasteiger partial charge in [0.1, 0.15) is 0 Å². The average Bonchev–Trinajstić information content (AvgIpc) is 2.65. The van der Waals surface area contributed by atoms with Gasteiger partial charge >= 0.3 is 5.97 Å². The predicted molar refractivity (Wildman–Crippen MR) is 107 cm³/mol. The lowest BCUT2D eigenvalue weighted by molar-refractivity contribution is -0.139. The number of thioether (sulfide) groups is 1. The first-order chi connectivity index (χ1) is 12.6. The van der Waals surface area contributed by atoms with E-state index in [9.17, 15) is 4.79 Å². The van der Waals surface area contributed by atoms with Crippen LogP contribution < -0.4 is 0 Å². The number of carbonyl (C=O) groups is 1. The third kappa shape index (κ3) is 4.47. The monoisotopic (exact) mass is 370 g/mol. The van der Waals surface area contributed by atoms with E-state index in [1.54, 1.807) is 11.8 Å². The molecule has 0 radical (unpaired) electrons. The van der Waals surface area contributed by atoms with Crippen LogP contribution in [0.1, 0.15) is 24.1 Å². The Hall–Kier alpha value is -1.82. The van der Waals surface area contributed by atoms with E-state index in [-0.39, 0.29) is 18.6 Å². The summed E-state index contributed by atoms with van der Waals surface area (Å²) in [5, 5.41) is 9.11. The number of nitrogens with zero attached hydrogens (tertiary/aromatic N) is 2. The van der Waals surface area contributed by atoms with Crippen LogP contribution in [0.2, 0.25) is 0 Å². The molecular weight excluding hydrogens is 344 g/mol. The summed E-state index contributed by atoms with van der Waals surface area (Å²) in [6.07, 6.45) is 2.09. The normalized spacial score (nSPS) is 20.0. The molecule has 1 fully saturated rings. The molecule has 4 nitrogen and oxygen atoms in total. The highest BCUT2D eigenvalue weighted by molar-refractivity contribution is 7.98. The van der Waals surface area contributed by atoms with Gasteiger partial charge in [-0.3, -0.25) is 14.6 Å². The second-order valence-corrected chi connectivity index (χ2v) is 7.67. The minimum Gasteiger partial charge on any atom is -0.480 e. The van der Waals surface area contributed by atoms with Crippen molar-refractivity contribution in [2.45, 2.75) is 23.9 Å². The Morgan fingerprint density at radius 3 is 2.35 bits per heavy atom. The Kier molecular flexibility index (Phi) is 6.35. The van der Waals surface area contributed by atoms with Crippen molar-refractivity contribution in [1.29, 1.82) is 0 Å². The fraction of sp³-hybridized carbons (Fsp3) is 0.381. The van der Waals surface area contributed by atoms with Gasteiger partial charge in [0.2, 0.25) is 0 Å². The van der Waals surface area contributed by atoms with Crippen LogP contribution in [0.15, 0.2) is 59.5 Å². The molecule has 2 aromatic rings. The molecule has 0 aliphatic carbocycles. The van der Waals surface area contributed by atoms with Crippen LogP contribution in [0.4, 0.5) is 0 Å². The van der Waals surface area contributed by atoms with Crippen LogP contribution in [-0.2, 0) is 4.79 Å². The molecule has 0 aromatic heterocycles. The Labute approximate surface area is 159 Å². The highest BCUT2D eigenvalue weighted by atomic mass is 32.2. The van der Waals surface area contributed by atoms with Gasteiger partial charge in [0.25, 0.3) is 0 Å². The number of piperazine rings is 1.